The van der Waals surface area contributed by atoms with Crippen molar-refractivity contribution < 1.29 is 9.53 Å². The number of benzene rings is 2. The van der Waals surface area contributed by atoms with Crippen LogP contribution in [0.25, 0.3) is 11.3 Å². The molecule has 1 aliphatic heterocycles. The zero-order valence-electron chi connectivity index (χ0n) is 17.9. The first kappa shape index (κ1) is 20.7. The van der Waals surface area contributed by atoms with Gasteiger partial charge in [-0.2, -0.15) is 0 Å². The fourth-order valence-corrected chi connectivity index (χ4v) is 3.60. The summed E-state index contributed by atoms with van der Waals surface area (Å²) in [6.45, 7) is 4.82. The molecule has 2 heterocycles. The van der Waals surface area contributed by atoms with Gasteiger partial charge in [0.2, 0.25) is 0 Å². The minimum absolute atomic E-state index is 0.107. The van der Waals surface area contributed by atoms with Gasteiger partial charge < -0.3 is 19.9 Å². The van der Waals surface area contributed by atoms with E-state index in [0.29, 0.717) is 31.9 Å². The second-order valence-corrected chi connectivity index (χ2v) is 7.46. The molecule has 0 spiro atoms. The summed E-state index contributed by atoms with van der Waals surface area (Å²) in [6.07, 6.45) is 1.02. The Morgan fingerprint density at radius 1 is 1.00 bits per heavy atom. The molecule has 2 aromatic carbocycles. The van der Waals surface area contributed by atoms with E-state index in [2.05, 4.69) is 51.6 Å². The molecule has 2 amide bonds. The van der Waals surface area contributed by atoms with E-state index < -0.39 is 0 Å². The molecule has 0 aliphatic carbocycles. The molecular weight excluding hydrogens is 390 g/mol. The van der Waals surface area contributed by atoms with Gasteiger partial charge in [-0.05, 0) is 36.2 Å². The smallest absolute Gasteiger partial charge is 0.321 e. The van der Waals surface area contributed by atoms with Gasteiger partial charge in [0.1, 0.15) is 5.75 Å². The number of piperazine rings is 1. The van der Waals surface area contributed by atoms with Crippen molar-refractivity contribution in [1.29, 1.82) is 0 Å². The van der Waals surface area contributed by atoms with Crippen molar-refractivity contribution in [3.05, 3.63) is 66.2 Å². The van der Waals surface area contributed by atoms with Crippen LogP contribution in [0.1, 0.15) is 12.5 Å². The first-order valence-electron chi connectivity index (χ1n) is 10.5. The van der Waals surface area contributed by atoms with Gasteiger partial charge in [0.05, 0.1) is 12.8 Å². The van der Waals surface area contributed by atoms with Crippen LogP contribution in [0.4, 0.5) is 16.3 Å². The van der Waals surface area contributed by atoms with Crippen LogP contribution in [0.3, 0.4) is 0 Å². The van der Waals surface area contributed by atoms with Gasteiger partial charge in [-0.3, -0.25) is 0 Å². The maximum atomic E-state index is 12.6. The molecule has 4 rings (SSSR count). The molecule has 3 aromatic rings. The lowest BCUT2D eigenvalue weighted by atomic mass is 10.1. The van der Waals surface area contributed by atoms with Crippen LogP contribution in [0.2, 0.25) is 0 Å². The Labute approximate surface area is 182 Å². The number of amides is 2. The summed E-state index contributed by atoms with van der Waals surface area (Å²) < 4.78 is 5.21. The molecule has 1 aliphatic rings. The summed E-state index contributed by atoms with van der Waals surface area (Å²) in [5.41, 5.74) is 3.96. The Hall–Kier alpha value is -3.61. The molecule has 0 unspecified atom stereocenters. The fraction of sp³-hybridized carbons (Fsp3) is 0.292. The molecule has 7 nitrogen and oxygen atoms in total. The summed E-state index contributed by atoms with van der Waals surface area (Å²) in [5.74, 6) is 1.55. The van der Waals surface area contributed by atoms with Gasteiger partial charge >= 0.3 is 6.03 Å². The largest absolute Gasteiger partial charge is 0.497 e. The molecule has 1 fully saturated rings. The molecule has 1 aromatic heterocycles. The van der Waals surface area contributed by atoms with E-state index in [1.54, 1.807) is 13.2 Å². The van der Waals surface area contributed by atoms with E-state index in [-0.39, 0.29) is 6.03 Å². The van der Waals surface area contributed by atoms with E-state index in [1.165, 1.54) is 5.56 Å². The quantitative estimate of drug-likeness (QED) is 0.678. The number of hydrogen-bond acceptors (Lipinski definition) is 5. The lowest BCUT2D eigenvalue weighted by Crippen LogP contribution is -2.50. The van der Waals surface area contributed by atoms with Gasteiger partial charge in [0, 0.05) is 43.5 Å². The minimum atomic E-state index is -0.107. The maximum absolute atomic E-state index is 12.6. The van der Waals surface area contributed by atoms with Crippen molar-refractivity contribution in [1.82, 2.24) is 15.1 Å². The predicted molar refractivity (Wildman–Crippen MR) is 123 cm³/mol. The number of ether oxygens (including phenoxy) is 1. The molecule has 1 saturated heterocycles. The number of methoxy groups -OCH3 is 1. The Morgan fingerprint density at radius 3 is 2.42 bits per heavy atom. The standard InChI is InChI=1S/C24H27N5O2/c1-3-18-7-9-19(10-8-18)22-11-12-23(27-26-22)28-13-15-29(16-14-28)24(30)25-20-5-4-6-21(17-20)31-2/h4-12,17H,3,13-16H2,1-2H3,(H,25,30). The molecule has 1 N–H and O–H groups in total. The highest BCUT2D eigenvalue weighted by Crippen LogP contribution is 2.21. The highest BCUT2D eigenvalue weighted by molar-refractivity contribution is 5.89. The SMILES string of the molecule is CCc1ccc(-c2ccc(N3CCN(C(=O)Nc4cccc(OC)c4)CC3)nn2)cc1. The van der Waals surface area contributed by atoms with Crippen LogP contribution in [0.5, 0.6) is 5.75 Å². The number of nitrogens with zero attached hydrogens (tertiary/aromatic N) is 4. The van der Waals surface area contributed by atoms with Gasteiger partial charge in [-0.15, -0.1) is 10.2 Å². The second kappa shape index (κ2) is 9.47. The summed E-state index contributed by atoms with van der Waals surface area (Å²) in [7, 11) is 1.61. The van der Waals surface area contributed by atoms with Crippen LogP contribution in [0, 0.1) is 0 Å². The first-order valence-corrected chi connectivity index (χ1v) is 10.5. The van der Waals surface area contributed by atoms with Gasteiger partial charge in [0.15, 0.2) is 5.82 Å². The maximum Gasteiger partial charge on any atom is 0.321 e. The fourth-order valence-electron chi connectivity index (χ4n) is 3.60. The van der Waals surface area contributed by atoms with E-state index in [0.717, 1.165) is 29.2 Å². The average Bonchev–Trinajstić information content (AvgIpc) is 2.84. The average molecular weight is 418 g/mol. The zero-order valence-corrected chi connectivity index (χ0v) is 17.9. The zero-order chi connectivity index (χ0) is 21.6. The van der Waals surface area contributed by atoms with Gasteiger partial charge in [-0.1, -0.05) is 37.3 Å². The summed E-state index contributed by atoms with van der Waals surface area (Å²) in [4.78, 5) is 16.6. The minimum Gasteiger partial charge on any atom is -0.497 e. The van der Waals surface area contributed by atoms with Crippen LogP contribution in [-0.4, -0.2) is 54.4 Å². The normalized spacial score (nSPS) is 13.7. The third kappa shape index (κ3) is 4.94. The van der Waals surface area contributed by atoms with E-state index in [4.69, 9.17) is 4.74 Å². The van der Waals surface area contributed by atoms with Crippen molar-refractivity contribution >= 4 is 17.5 Å². The monoisotopic (exact) mass is 417 g/mol. The van der Waals surface area contributed by atoms with Gasteiger partial charge in [-0.25, -0.2) is 4.79 Å². The molecule has 31 heavy (non-hydrogen) atoms. The van der Waals surface area contributed by atoms with E-state index in [9.17, 15) is 4.79 Å². The number of urea groups is 1. The lowest BCUT2D eigenvalue weighted by Gasteiger charge is -2.35. The Balaban J connectivity index is 1.33. The number of nitrogens with one attached hydrogen (secondary N) is 1. The van der Waals surface area contributed by atoms with Crippen molar-refractivity contribution in [3.8, 4) is 17.0 Å². The number of aromatic nitrogens is 2. The number of aryl methyl sites for hydroxylation is 1. The summed E-state index contributed by atoms with van der Waals surface area (Å²) >= 11 is 0. The Morgan fingerprint density at radius 2 is 1.77 bits per heavy atom. The topological polar surface area (TPSA) is 70.6 Å². The highest BCUT2D eigenvalue weighted by atomic mass is 16.5. The Bertz CT molecular complexity index is 1010. The van der Waals surface area contributed by atoms with E-state index >= 15 is 0 Å². The summed E-state index contributed by atoms with van der Waals surface area (Å²) in [6, 6.07) is 19.7. The van der Waals surface area contributed by atoms with Crippen molar-refractivity contribution in [3.63, 3.8) is 0 Å². The molecule has 160 valence electrons. The van der Waals surface area contributed by atoms with Crippen molar-refractivity contribution in [2.75, 3.05) is 43.5 Å². The molecule has 0 bridgehead atoms. The van der Waals surface area contributed by atoms with Gasteiger partial charge in [0.25, 0.3) is 0 Å². The Kier molecular flexibility index (Phi) is 6.31. The third-order valence-electron chi connectivity index (χ3n) is 5.52. The number of anilines is 2. The third-order valence-corrected chi connectivity index (χ3v) is 5.52. The van der Waals surface area contributed by atoms with Crippen LogP contribution >= 0.6 is 0 Å². The molecule has 0 saturated carbocycles. The number of hydrogen-bond donors (Lipinski definition) is 1. The molecule has 0 radical (unpaired) electrons. The lowest BCUT2D eigenvalue weighted by molar-refractivity contribution is 0.208. The number of carbonyl (C=O) groups excluding carboxylic acids is 1. The van der Waals surface area contributed by atoms with Crippen LogP contribution < -0.4 is 15.0 Å². The van der Waals surface area contributed by atoms with E-state index in [1.807, 2.05) is 35.2 Å². The van der Waals surface area contributed by atoms with Crippen molar-refractivity contribution in [2.45, 2.75) is 13.3 Å². The highest BCUT2D eigenvalue weighted by Gasteiger charge is 2.22. The van der Waals surface area contributed by atoms with Crippen molar-refractivity contribution in [2.24, 2.45) is 0 Å². The predicted octanol–water partition coefficient (Wildman–Crippen LogP) is 4.07. The first-order chi connectivity index (χ1) is 15.2. The van der Waals surface area contributed by atoms with Crippen LogP contribution in [0.15, 0.2) is 60.7 Å². The second-order valence-electron chi connectivity index (χ2n) is 7.46. The number of rotatable bonds is 5. The molecule has 7 heteroatoms. The summed E-state index contributed by atoms with van der Waals surface area (Å²) in [5, 5.41) is 11.8. The molecule has 0 atom stereocenters. The molecular formula is C24H27N5O2. The van der Waals surface area contributed by atoms with Crippen LogP contribution in [-0.2, 0) is 6.42 Å². The number of carbonyl (C=O) groups is 1.